The highest BCUT2D eigenvalue weighted by atomic mass is 79.9. The molecule has 0 aliphatic rings. The Labute approximate surface area is 133 Å². The van der Waals surface area contributed by atoms with Gasteiger partial charge >= 0.3 is 12.0 Å². The van der Waals surface area contributed by atoms with Gasteiger partial charge in [-0.15, -0.1) is 0 Å². The standard InChI is InChI=1S/C15H21BrN2O3/c1-8(2)5-12(14(19)20)17-15(21)18-13-9(3)6-11(16)7-10(13)4/h6-8,12H,5H2,1-4H3,(H,19,20)(H2,17,18,21). The highest BCUT2D eigenvalue weighted by Gasteiger charge is 2.21. The lowest BCUT2D eigenvalue weighted by Crippen LogP contribution is -2.43. The Morgan fingerprint density at radius 3 is 2.19 bits per heavy atom. The molecule has 0 bridgehead atoms. The summed E-state index contributed by atoms with van der Waals surface area (Å²) >= 11 is 3.39. The maximum atomic E-state index is 12.0. The summed E-state index contributed by atoms with van der Waals surface area (Å²) in [4.78, 5) is 23.2. The monoisotopic (exact) mass is 356 g/mol. The lowest BCUT2D eigenvalue weighted by atomic mass is 10.0. The molecule has 1 rings (SSSR count). The van der Waals surface area contributed by atoms with E-state index < -0.39 is 18.0 Å². The Bertz CT molecular complexity index is 521. The predicted molar refractivity (Wildman–Crippen MR) is 86.6 cm³/mol. The van der Waals surface area contributed by atoms with Crippen LogP contribution in [0.3, 0.4) is 0 Å². The molecule has 0 fully saturated rings. The number of carbonyl (C=O) groups excluding carboxylic acids is 1. The lowest BCUT2D eigenvalue weighted by Gasteiger charge is -2.18. The minimum atomic E-state index is -1.02. The van der Waals surface area contributed by atoms with Gasteiger partial charge in [0.1, 0.15) is 6.04 Å². The van der Waals surface area contributed by atoms with Crippen molar-refractivity contribution in [1.29, 1.82) is 0 Å². The van der Waals surface area contributed by atoms with E-state index >= 15 is 0 Å². The third-order valence-corrected chi connectivity index (χ3v) is 3.50. The molecule has 0 heterocycles. The van der Waals surface area contributed by atoms with Crippen molar-refractivity contribution in [2.24, 2.45) is 5.92 Å². The van der Waals surface area contributed by atoms with Gasteiger partial charge in [0, 0.05) is 10.2 Å². The molecule has 2 amide bonds. The van der Waals surface area contributed by atoms with Gasteiger partial charge in [-0.25, -0.2) is 9.59 Å². The van der Waals surface area contributed by atoms with E-state index in [-0.39, 0.29) is 5.92 Å². The van der Waals surface area contributed by atoms with Crippen molar-refractivity contribution < 1.29 is 14.7 Å². The van der Waals surface area contributed by atoms with Crippen LogP contribution in [0.25, 0.3) is 0 Å². The largest absolute Gasteiger partial charge is 0.480 e. The fourth-order valence-electron chi connectivity index (χ4n) is 2.11. The number of aryl methyl sites for hydroxylation is 2. The zero-order valence-electron chi connectivity index (χ0n) is 12.7. The number of aliphatic carboxylic acids is 1. The molecule has 21 heavy (non-hydrogen) atoms. The Morgan fingerprint density at radius 2 is 1.76 bits per heavy atom. The van der Waals surface area contributed by atoms with Crippen molar-refractivity contribution in [3.05, 3.63) is 27.7 Å². The van der Waals surface area contributed by atoms with Crippen LogP contribution in [0.1, 0.15) is 31.4 Å². The van der Waals surface area contributed by atoms with Gasteiger partial charge in [0.2, 0.25) is 0 Å². The van der Waals surface area contributed by atoms with Crippen LogP contribution in [0, 0.1) is 19.8 Å². The molecule has 1 aromatic carbocycles. The molecule has 0 spiro atoms. The number of urea groups is 1. The van der Waals surface area contributed by atoms with E-state index in [0.717, 1.165) is 15.6 Å². The molecule has 6 heteroatoms. The van der Waals surface area contributed by atoms with E-state index in [2.05, 4.69) is 26.6 Å². The summed E-state index contributed by atoms with van der Waals surface area (Å²) in [5, 5.41) is 14.4. The molecular formula is C15H21BrN2O3. The fraction of sp³-hybridized carbons (Fsp3) is 0.467. The van der Waals surface area contributed by atoms with Crippen LogP contribution >= 0.6 is 15.9 Å². The van der Waals surface area contributed by atoms with Crippen LogP contribution in [0.2, 0.25) is 0 Å². The first-order chi connectivity index (χ1) is 9.70. The number of carbonyl (C=O) groups is 2. The molecule has 0 aromatic heterocycles. The van der Waals surface area contributed by atoms with Crippen molar-refractivity contribution in [2.75, 3.05) is 5.32 Å². The molecule has 1 atom stereocenters. The molecule has 5 nitrogen and oxygen atoms in total. The van der Waals surface area contributed by atoms with Crippen molar-refractivity contribution in [3.8, 4) is 0 Å². The fourth-order valence-corrected chi connectivity index (χ4v) is 2.80. The maximum Gasteiger partial charge on any atom is 0.326 e. The van der Waals surface area contributed by atoms with Gasteiger partial charge in [-0.1, -0.05) is 29.8 Å². The number of benzene rings is 1. The van der Waals surface area contributed by atoms with Crippen LogP contribution in [-0.4, -0.2) is 23.1 Å². The van der Waals surface area contributed by atoms with Gasteiger partial charge in [0.05, 0.1) is 0 Å². The van der Waals surface area contributed by atoms with E-state index in [0.29, 0.717) is 12.1 Å². The second-order valence-electron chi connectivity index (χ2n) is 5.53. The van der Waals surface area contributed by atoms with Gasteiger partial charge in [-0.3, -0.25) is 0 Å². The number of carboxylic acids is 1. The van der Waals surface area contributed by atoms with Crippen molar-refractivity contribution in [2.45, 2.75) is 40.2 Å². The molecule has 3 N–H and O–H groups in total. The zero-order chi connectivity index (χ0) is 16.2. The third kappa shape index (κ3) is 5.38. The van der Waals surface area contributed by atoms with Crippen LogP contribution in [0.4, 0.5) is 10.5 Å². The van der Waals surface area contributed by atoms with Gasteiger partial charge in [0.15, 0.2) is 0 Å². The summed E-state index contributed by atoms with van der Waals surface area (Å²) in [5.41, 5.74) is 2.52. The van der Waals surface area contributed by atoms with Crippen LogP contribution in [-0.2, 0) is 4.79 Å². The number of rotatable bonds is 5. The first kappa shape index (κ1) is 17.5. The van der Waals surface area contributed by atoms with E-state index in [1.165, 1.54) is 0 Å². The smallest absolute Gasteiger partial charge is 0.326 e. The van der Waals surface area contributed by atoms with Crippen LogP contribution in [0.15, 0.2) is 16.6 Å². The van der Waals surface area contributed by atoms with E-state index in [1.807, 2.05) is 39.8 Å². The molecule has 116 valence electrons. The highest BCUT2D eigenvalue weighted by Crippen LogP contribution is 2.25. The van der Waals surface area contributed by atoms with Crippen molar-refractivity contribution in [1.82, 2.24) is 5.32 Å². The summed E-state index contributed by atoms with van der Waals surface area (Å²) in [6.45, 7) is 7.60. The summed E-state index contributed by atoms with van der Waals surface area (Å²) < 4.78 is 0.937. The number of anilines is 1. The Hall–Kier alpha value is -1.56. The number of carboxylic acid groups (broad SMARTS) is 1. The summed E-state index contributed by atoms with van der Waals surface area (Å²) in [5.74, 6) is -0.842. The van der Waals surface area contributed by atoms with Gasteiger partial charge in [-0.05, 0) is 49.4 Å². The van der Waals surface area contributed by atoms with E-state index in [1.54, 1.807) is 0 Å². The first-order valence-electron chi connectivity index (χ1n) is 6.77. The van der Waals surface area contributed by atoms with E-state index in [4.69, 9.17) is 5.11 Å². The third-order valence-electron chi connectivity index (χ3n) is 3.05. The minimum absolute atomic E-state index is 0.183. The Balaban J connectivity index is 2.79. The molecule has 1 unspecified atom stereocenters. The number of halogens is 1. The topological polar surface area (TPSA) is 78.4 Å². The normalized spacial score (nSPS) is 12.1. The molecule has 0 aliphatic heterocycles. The molecule has 1 aromatic rings. The number of hydrogen-bond acceptors (Lipinski definition) is 2. The number of nitrogens with one attached hydrogen (secondary N) is 2. The average molecular weight is 357 g/mol. The molecule has 0 aliphatic carbocycles. The van der Waals surface area contributed by atoms with Gasteiger partial charge in [0.25, 0.3) is 0 Å². The Kier molecular flexibility index (Phi) is 6.20. The number of hydrogen-bond donors (Lipinski definition) is 3. The quantitative estimate of drug-likeness (QED) is 0.752. The van der Waals surface area contributed by atoms with Crippen molar-refractivity contribution in [3.63, 3.8) is 0 Å². The zero-order valence-corrected chi connectivity index (χ0v) is 14.2. The molecule has 0 saturated heterocycles. The maximum absolute atomic E-state index is 12.0. The summed E-state index contributed by atoms with van der Waals surface area (Å²) in [6.07, 6.45) is 0.390. The molecular weight excluding hydrogens is 336 g/mol. The number of amides is 2. The molecule has 0 saturated carbocycles. The van der Waals surface area contributed by atoms with Gasteiger partial charge in [-0.2, -0.15) is 0 Å². The molecule has 0 radical (unpaired) electrons. The second kappa shape index (κ2) is 7.45. The Morgan fingerprint density at radius 1 is 1.24 bits per heavy atom. The van der Waals surface area contributed by atoms with Crippen LogP contribution in [0.5, 0.6) is 0 Å². The van der Waals surface area contributed by atoms with E-state index in [9.17, 15) is 9.59 Å². The minimum Gasteiger partial charge on any atom is -0.480 e. The van der Waals surface area contributed by atoms with Crippen molar-refractivity contribution >= 4 is 33.6 Å². The SMILES string of the molecule is Cc1cc(Br)cc(C)c1NC(=O)NC(CC(C)C)C(=O)O. The predicted octanol–water partition coefficient (Wildman–Crippen LogP) is 3.69. The lowest BCUT2D eigenvalue weighted by molar-refractivity contribution is -0.139. The average Bonchev–Trinajstić information content (AvgIpc) is 2.32. The second-order valence-corrected chi connectivity index (χ2v) is 6.45. The van der Waals surface area contributed by atoms with Crippen LogP contribution < -0.4 is 10.6 Å². The summed E-state index contributed by atoms with van der Waals surface area (Å²) in [7, 11) is 0. The first-order valence-corrected chi connectivity index (χ1v) is 7.57. The highest BCUT2D eigenvalue weighted by molar-refractivity contribution is 9.10. The summed E-state index contributed by atoms with van der Waals surface area (Å²) in [6, 6.07) is 2.40. The van der Waals surface area contributed by atoms with Gasteiger partial charge < -0.3 is 15.7 Å².